The van der Waals surface area contributed by atoms with Crippen molar-refractivity contribution in [2.45, 2.75) is 57.5 Å². The zero-order valence-electron chi connectivity index (χ0n) is 18.4. The summed E-state index contributed by atoms with van der Waals surface area (Å²) in [5.74, 6) is -1.35. The molecular weight excluding hydrogens is 409 g/mol. The van der Waals surface area contributed by atoms with E-state index in [1.807, 2.05) is 13.0 Å². The molecule has 1 aliphatic heterocycles. The van der Waals surface area contributed by atoms with E-state index in [1.165, 1.54) is 48.2 Å². The van der Waals surface area contributed by atoms with Crippen LogP contribution in [0.25, 0.3) is 0 Å². The molecule has 2 atom stereocenters. The van der Waals surface area contributed by atoms with Crippen molar-refractivity contribution in [1.82, 2.24) is 15.5 Å². The molecule has 0 aromatic heterocycles. The summed E-state index contributed by atoms with van der Waals surface area (Å²) >= 11 is 0. The maximum Gasteiger partial charge on any atom is 0.325 e. The molecule has 4 rings (SSSR count). The van der Waals surface area contributed by atoms with E-state index in [2.05, 4.69) is 22.8 Å². The minimum Gasteiger partial charge on any atom is -0.348 e. The smallest absolute Gasteiger partial charge is 0.325 e. The van der Waals surface area contributed by atoms with Gasteiger partial charge in [-0.25, -0.2) is 9.18 Å². The average Bonchev–Trinajstić information content (AvgIpc) is 3.04. The first-order chi connectivity index (χ1) is 15.3. The molecule has 2 unspecified atom stereocenters. The fourth-order valence-electron chi connectivity index (χ4n) is 4.68. The molecule has 0 radical (unpaired) electrons. The molecule has 1 saturated heterocycles. The van der Waals surface area contributed by atoms with E-state index in [-0.39, 0.29) is 19.0 Å². The van der Waals surface area contributed by atoms with Crippen LogP contribution < -0.4 is 10.6 Å². The molecular formula is C25H28FN3O3. The molecule has 2 aliphatic rings. The van der Waals surface area contributed by atoms with Crippen LogP contribution in [0.2, 0.25) is 0 Å². The number of urea groups is 1. The third-order valence-electron chi connectivity index (χ3n) is 6.59. The molecule has 1 heterocycles. The number of carbonyl (C=O) groups excluding carboxylic acids is 3. The van der Waals surface area contributed by atoms with Crippen LogP contribution in [0.5, 0.6) is 0 Å². The van der Waals surface area contributed by atoms with Gasteiger partial charge in [0.05, 0.1) is 6.04 Å². The Morgan fingerprint density at radius 2 is 1.81 bits per heavy atom. The minimum atomic E-state index is -1.30. The fraction of sp³-hybridized carbons (Fsp3) is 0.400. The summed E-state index contributed by atoms with van der Waals surface area (Å²) in [5.41, 5.74) is 2.90. The molecule has 6 nitrogen and oxygen atoms in total. The standard InChI is InChI=1S/C25H28FN3O3/c1-3-25(20-10-12-21(26)13-11-20)23(31)29(24(32)28-25)15-22(30)27-16(2)18-9-8-17-6-4-5-7-19(17)14-18/h8-14,16H,3-7,15H2,1-2H3,(H,27,30)(H,28,32). The Bertz CT molecular complexity index is 1050. The lowest BCUT2D eigenvalue weighted by atomic mass is 9.87. The highest BCUT2D eigenvalue weighted by molar-refractivity contribution is 6.09. The van der Waals surface area contributed by atoms with Crippen molar-refractivity contribution in [3.63, 3.8) is 0 Å². The Kier molecular flexibility index (Phi) is 6.00. The molecule has 32 heavy (non-hydrogen) atoms. The summed E-state index contributed by atoms with van der Waals surface area (Å²) in [6.07, 6.45) is 4.82. The Morgan fingerprint density at radius 3 is 2.50 bits per heavy atom. The van der Waals surface area contributed by atoms with Crippen molar-refractivity contribution in [2.24, 2.45) is 0 Å². The molecule has 0 saturated carbocycles. The summed E-state index contributed by atoms with van der Waals surface area (Å²) in [6, 6.07) is 10.9. The highest BCUT2D eigenvalue weighted by Crippen LogP contribution is 2.32. The van der Waals surface area contributed by atoms with Crippen LogP contribution in [0, 0.1) is 5.82 Å². The second kappa shape index (κ2) is 8.73. The zero-order valence-corrected chi connectivity index (χ0v) is 18.4. The van der Waals surface area contributed by atoms with Crippen LogP contribution in [0.3, 0.4) is 0 Å². The van der Waals surface area contributed by atoms with Crippen LogP contribution in [0.1, 0.15) is 61.4 Å². The molecule has 2 aromatic carbocycles. The van der Waals surface area contributed by atoms with Crippen molar-refractivity contribution >= 4 is 17.8 Å². The molecule has 4 amide bonds. The first-order valence-corrected chi connectivity index (χ1v) is 11.2. The van der Waals surface area contributed by atoms with Crippen molar-refractivity contribution in [3.8, 4) is 0 Å². The van der Waals surface area contributed by atoms with E-state index in [1.54, 1.807) is 6.92 Å². The quantitative estimate of drug-likeness (QED) is 0.676. The number of rotatable bonds is 6. The van der Waals surface area contributed by atoms with Crippen LogP contribution in [0.15, 0.2) is 42.5 Å². The summed E-state index contributed by atoms with van der Waals surface area (Å²) in [6.45, 7) is 3.29. The number of nitrogens with zero attached hydrogens (tertiary/aromatic N) is 1. The van der Waals surface area contributed by atoms with E-state index in [0.717, 1.165) is 23.3 Å². The highest BCUT2D eigenvalue weighted by Gasteiger charge is 2.51. The number of fused-ring (bicyclic) bond motifs is 1. The Hall–Kier alpha value is -3.22. The minimum absolute atomic E-state index is 0.247. The van der Waals surface area contributed by atoms with Crippen LogP contribution in [-0.4, -0.2) is 29.3 Å². The van der Waals surface area contributed by atoms with Gasteiger partial charge in [0.2, 0.25) is 5.91 Å². The van der Waals surface area contributed by atoms with Crippen LogP contribution in [0.4, 0.5) is 9.18 Å². The molecule has 7 heteroatoms. The SMILES string of the molecule is CCC1(c2ccc(F)cc2)NC(=O)N(CC(=O)NC(C)c2ccc3c(c2)CCCC3)C1=O. The summed E-state index contributed by atoms with van der Waals surface area (Å²) < 4.78 is 13.3. The number of halogens is 1. The normalized spacial score (nSPS) is 21.2. The van der Waals surface area contributed by atoms with Crippen LogP contribution in [-0.2, 0) is 28.0 Å². The third-order valence-corrected chi connectivity index (χ3v) is 6.59. The number of benzene rings is 2. The van der Waals surface area contributed by atoms with Gasteiger partial charge < -0.3 is 10.6 Å². The average molecular weight is 438 g/mol. The lowest BCUT2D eigenvalue weighted by Gasteiger charge is -2.26. The van der Waals surface area contributed by atoms with Gasteiger partial charge >= 0.3 is 6.03 Å². The fourth-order valence-corrected chi connectivity index (χ4v) is 4.68. The van der Waals surface area contributed by atoms with E-state index in [4.69, 9.17) is 0 Å². The van der Waals surface area contributed by atoms with E-state index in [9.17, 15) is 18.8 Å². The third kappa shape index (κ3) is 3.99. The van der Waals surface area contributed by atoms with Crippen molar-refractivity contribution in [1.29, 1.82) is 0 Å². The number of imide groups is 1. The van der Waals surface area contributed by atoms with Gasteiger partial charge in [0, 0.05) is 0 Å². The summed E-state index contributed by atoms with van der Waals surface area (Å²) in [7, 11) is 0. The second-order valence-electron chi connectivity index (χ2n) is 8.61. The Balaban J connectivity index is 1.45. The van der Waals surface area contributed by atoms with Crippen molar-refractivity contribution in [3.05, 3.63) is 70.5 Å². The van der Waals surface area contributed by atoms with Gasteiger partial charge in [0.15, 0.2) is 0 Å². The number of amides is 4. The van der Waals surface area contributed by atoms with E-state index >= 15 is 0 Å². The lowest BCUT2D eigenvalue weighted by molar-refractivity contribution is -0.135. The lowest BCUT2D eigenvalue weighted by Crippen LogP contribution is -2.45. The largest absolute Gasteiger partial charge is 0.348 e. The van der Waals surface area contributed by atoms with E-state index in [0.29, 0.717) is 5.56 Å². The molecule has 1 aliphatic carbocycles. The highest BCUT2D eigenvalue weighted by atomic mass is 19.1. The number of hydrogen-bond acceptors (Lipinski definition) is 3. The number of carbonyl (C=O) groups is 3. The molecule has 1 fully saturated rings. The molecule has 0 spiro atoms. The van der Waals surface area contributed by atoms with Gasteiger partial charge in [0.1, 0.15) is 17.9 Å². The molecule has 2 N–H and O–H groups in total. The Morgan fingerprint density at radius 1 is 1.12 bits per heavy atom. The molecule has 0 bridgehead atoms. The second-order valence-corrected chi connectivity index (χ2v) is 8.61. The summed E-state index contributed by atoms with van der Waals surface area (Å²) in [4.78, 5) is 39.4. The maximum absolute atomic E-state index is 13.3. The zero-order chi connectivity index (χ0) is 22.9. The van der Waals surface area contributed by atoms with Crippen molar-refractivity contribution < 1.29 is 18.8 Å². The van der Waals surface area contributed by atoms with Gasteiger partial charge in [-0.2, -0.15) is 0 Å². The number of nitrogens with one attached hydrogen (secondary N) is 2. The van der Waals surface area contributed by atoms with Gasteiger partial charge in [-0.05, 0) is 73.4 Å². The topological polar surface area (TPSA) is 78.5 Å². The monoisotopic (exact) mass is 437 g/mol. The van der Waals surface area contributed by atoms with Crippen molar-refractivity contribution in [2.75, 3.05) is 6.54 Å². The first-order valence-electron chi connectivity index (χ1n) is 11.2. The Labute approximate surface area is 187 Å². The van der Waals surface area contributed by atoms with Gasteiger partial charge in [0.25, 0.3) is 5.91 Å². The first kappa shape index (κ1) is 22.0. The van der Waals surface area contributed by atoms with Gasteiger partial charge in [-0.3, -0.25) is 14.5 Å². The molecule has 168 valence electrons. The van der Waals surface area contributed by atoms with Crippen LogP contribution >= 0.6 is 0 Å². The summed E-state index contributed by atoms with van der Waals surface area (Å²) in [5, 5.41) is 5.61. The molecule has 2 aromatic rings. The van der Waals surface area contributed by atoms with Gasteiger partial charge in [-0.1, -0.05) is 37.3 Å². The maximum atomic E-state index is 13.3. The predicted octanol–water partition coefficient (Wildman–Crippen LogP) is 3.74. The number of hydrogen-bond donors (Lipinski definition) is 2. The van der Waals surface area contributed by atoms with E-state index < -0.39 is 29.2 Å². The van der Waals surface area contributed by atoms with Gasteiger partial charge in [-0.15, -0.1) is 0 Å². The predicted molar refractivity (Wildman–Crippen MR) is 118 cm³/mol. The number of aryl methyl sites for hydroxylation is 2.